The fourth-order valence-electron chi connectivity index (χ4n) is 2.25. The maximum atomic E-state index is 12.7. The number of imidazole rings is 1. The first-order chi connectivity index (χ1) is 10.0. The van der Waals surface area contributed by atoms with Crippen LogP contribution in [0.15, 0.2) is 53.7 Å². The summed E-state index contributed by atoms with van der Waals surface area (Å²) in [5, 5.41) is 0. The lowest BCUT2D eigenvalue weighted by Crippen LogP contribution is -2.12. The molecule has 0 saturated carbocycles. The second kappa shape index (κ2) is 4.89. The highest BCUT2D eigenvalue weighted by atomic mass is 32.2. The average Bonchev–Trinajstić information content (AvgIpc) is 2.91. The number of ether oxygens (including phenoxy) is 1. The normalized spacial score (nSPS) is 11.7. The third-order valence-electron chi connectivity index (χ3n) is 3.34. The van der Waals surface area contributed by atoms with Crippen molar-refractivity contribution in [3.63, 3.8) is 0 Å². The zero-order valence-electron chi connectivity index (χ0n) is 11.6. The van der Waals surface area contributed by atoms with E-state index in [9.17, 15) is 8.42 Å². The molecule has 0 N–H and O–H groups in total. The molecule has 0 unspecified atom stereocenters. The van der Waals surface area contributed by atoms with Gasteiger partial charge in [0, 0.05) is 0 Å². The molecule has 0 aliphatic rings. The number of para-hydroxylation sites is 2. The zero-order chi connectivity index (χ0) is 15.0. The van der Waals surface area contributed by atoms with Crippen molar-refractivity contribution >= 4 is 21.1 Å². The third kappa shape index (κ3) is 2.17. The van der Waals surface area contributed by atoms with Gasteiger partial charge in [0.15, 0.2) is 0 Å². The van der Waals surface area contributed by atoms with Crippen molar-refractivity contribution in [1.82, 2.24) is 8.96 Å². The summed E-state index contributed by atoms with van der Waals surface area (Å²) in [4.78, 5) is 4.34. The van der Waals surface area contributed by atoms with E-state index in [1.165, 1.54) is 16.4 Å². The highest BCUT2D eigenvalue weighted by Crippen LogP contribution is 2.25. The van der Waals surface area contributed by atoms with Crippen LogP contribution in [0.5, 0.6) is 5.75 Å². The van der Waals surface area contributed by atoms with Crippen LogP contribution in [0.1, 0.15) is 5.56 Å². The van der Waals surface area contributed by atoms with Crippen LogP contribution in [-0.2, 0) is 10.0 Å². The molecule has 6 heteroatoms. The lowest BCUT2D eigenvalue weighted by atomic mass is 10.2. The largest absolute Gasteiger partial charge is 0.496 e. The molecule has 0 aliphatic carbocycles. The summed E-state index contributed by atoms with van der Waals surface area (Å²) in [7, 11) is -2.12. The van der Waals surface area contributed by atoms with Gasteiger partial charge in [-0.3, -0.25) is 0 Å². The van der Waals surface area contributed by atoms with Crippen molar-refractivity contribution in [2.45, 2.75) is 11.8 Å². The van der Waals surface area contributed by atoms with Crippen molar-refractivity contribution in [2.75, 3.05) is 7.11 Å². The van der Waals surface area contributed by atoms with E-state index in [4.69, 9.17) is 4.74 Å². The highest BCUT2D eigenvalue weighted by molar-refractivity contribution is 7.90. The van der Waals surface area contributed by atoms with Crippen molar-refractivity contribution < 1.29 is 13.2 Å². The van der Waals surface area contributed by atoms with E-state index in [1.54, 1.807) is 37.4 Å². The van der Waals surface area contributed by atoms with E-state index < -0.39 is 10.0 Å². The van der Waals surface area contributed by atoms with Crippen LogP contribution in [0.2, 0.25) is 0 Å². The summed E-state index contributed by atoms with van der Waals surface area (Å²) in [6, 6.07) is 11.9. The van der Waals surface area contributed by atoms with Crippen LogP contribution in [0, 0.1) is 6.92 Å². The van der Waals surface area contributed by atoms with Gasteiger partial charge in [-0.05, 0) is 42.8 Å². The smallest absolute Gasteiger partial charge is 0.269 e. The number of aryl methyl sites for hydroxylation is 1. The molecule has 0 fully saturated rings. The second-order valence-corrected chi connectivity index (χ2v) is 6.48. The first-order valence-corrected chi connectivity index (χ1v) is 7.80. The quantitative estimate of drug-likeness (QED) is 0.746. The van der Waals surface area contributed by atoms with Gasteiger partial charge in [0.1, 0.15) is 12.1 Å². The van der Waals surface area contributed by atoms with Gasteiger partial charge in [-0.15, -0.1) is 0 Å². The van der Waals surface area contributed by atoms with E-state index in [-0.39, 0.29) is 4.90 Å². The number of hydrogen-bond acceptors (Lipinski definition) is 4. The number of hydrogen-bond donors (Lipinski definition) is 0. The summed E-state index contributed by atoms with van der Waals surface area (Å²) in [6.45, 7) is 1.81. The van der Waals surface area contributed by atoms with Gasteiger partial charge in [-0.2, -0.15) is 0 Å². The van der Waals surface area contributed by atoms with Crippen LogP contribution in [-0.4, -0.2) is 24.5 Å². The Hall–Kier alpha value is -2.34. The highest BCUT2D eigenvalue weighted by Gasteiger charge is 2.20. The van der Waals surface area contributed by atoms with Crippen LogP contribution >= 0.6 is 0 Å². The average molecular weight is 302 g/mol. The predicted molar refractivity (Wildman–Crippen MR) is 80.0 cm³/mol. The molecule has 0 spiro atoms. The molecule has 21 heavy (non-hydrogen) atoms. The molecule has 108 valence electrons. The number of benzene rings is 2. The number of aromatic nitrogens is 2. The van der Waals surface area contributed by atoms with Gasteiger partial charge in [-0.1, -0.05) is 12.1 Å². The van der Waals surface area contributed by atoms with Crippen molar-refractivity contribution in [3.8, 4) is 5.75 Å². The number of methoxy groups -OCH3 is 1. The first kappa shape index (κ1) is 13.6. The van der Waals surface area contributed by atoms with Crippen LogP contribution < -0.4 is 4.74 Å². The molecule has 3 aromatic rings. The van der Waals surface area contributed by atoms with E-state index in [0.29, 0.717) is 16.8 Å². The SMILES string of the molecule is COc1ccc(S(=O)(=O)n2cnc3ccccc32)cc1C. The second-order valence-electron chi connectivity index (χ2n) is 4.67. The molecule has 1 heterocycles. The van der Waals surface area contributed by atoms with Gasteiger partial charge >= 0.3 is 0 Å². The Kier molecular flexibility index (Phi) is 3.17. The Morgan fingerprint density at radius 2 is 1.90 bits per heavy atom. The van der Waals surface area contributed by atoms with Crippen molar-refractivity contribution in [1.29, 1.82) is 0 Å². The molecule has 0 radical (unpaired) electrons. The molecule has 1 aromatic heterocycles. The van der Waals surface area contributed by atoms with Gasteiger partial charge < -0.3 is 4.74 Å². The Morgan fingerprint density at radius 1 is 1.14 bits per heavy atom. The number of nitrogens with zero attached hydrogens (tertiary/aromatic N) is 2. The summed E-state index contributed by atoms with van der Waals surface area (Å²) < 4.78 is 31.8. The van der Waals surface area contributed by atoms with E-state index >= 15 is 0 Å². The lowest BCUT2D eigenvalue weighted by molar-refractivity contribution is 0.411. The maximum Gasteiger partial charge on any atom is 0.269 e. The summed E-state index contributed by atoms with van der Waals surface area (Å²) >= 11 is 0. The molecular weight excluding hydrogens is 288 g/mol. The molecule has 5 nitrogen and oxygen atoms in total. The standard InChI is InChI=1S/C15H14N2O3S/c1-11-9-12(7-8-15(11)20-2)21(18,19)17-10-16-13-5-3-4-6-14(13)17/h3-10H,1-2H3. The summed E-state index contributed by atoms with van der Waals surface area (Å²) in [5.74, 6) is 0.657. The van der Waals surface area contributed by atoms with Crippen molar-refractivity contribution in [3.05, 3.63) is 54.4 Å². The van der Waals surface area contributed by atoms with Gasteiger partial charge in [0.05, 0.1) is 23.0 Å². The summed E-state index contributed by atoms with van der Waals surface area (Å²) in [5.41, 5.74) is 1.97. The minimum absolute atomic E-state index is 0.212. The Labute approximate surface area is 122 Å². The molecule has 0 bridgehead atoms. The first-order valence-electron chi connectivity index (χ1n) is 6.36. The molecule has 2 aromatic carbocycles. The fraction of sp³-hybridized carbons (Fsp3) is 0.133. The monoisotopic (exact) mass is 302 g/mol. The molecule has 3 rings (SSSR count). The molecule has 0 aliphatic heterocycles. The maximum absolute atomic E-state index is 12.7. The Balaban J connectivity index is 2.19. The Bertz CT molecular complexity index is 914. The topological polar surface area (TPSA) is 61.2 Å². The van der Waals surface area contributed by atoms with Crippen LogP contribution in [0.4, 0.5) is 0 Å². The lowest BCUT2D eigenvalue weighted by Gasteiger charge is -2.09. The number of rotatable bonds is 3. The fourth-order valence-corrected chi connectivity index (χ4v) is 3.63. The van der Waals surface area contributed by atoms with Crippen LogP contribution in [0.3, 0.4) is 0 Å². The van der Waals surface area contributed by atoms with E-state index in [1.807, 2.05) is 13.0 Å². The minimum atomic E-state index is -3.67. The third-order valence-corrected chi connectivity index (χ3v) is 5.00. The Morgan fingerprint density at radius 3 is 2.62 bits per heavy atom. The zero-order valence-corrected chi connectivity index (χ0v) is 12.5. The molecular formula is C15H14N2O3S. The van der Waals surface area contributed by atoms with Crippen LogP contribution in [0.25, 0.3) is 11.0 Å². The minimum Gasteiger partial charge on any atom is -0.496 e. The van der Waals surface area contributed by atoms with Gasteiger partial charge in [-0.25, -0.2) is 17.4 Å². The van der Waals surface area contributed by atoms with E-state index in [2.05, 4.69) is 4.98 Å². The molecule has 0 saturated heterocycles. The predicted octanol–water partition coefficient (Wildman–Crippen LogP) is 2.59. The van der Waals surface area contributed by atoms with E-state index in [0.717, 1.165) is 5.56 Å². The molecule has 0 amide bonds. The van der Waals surface area contributed by atoms with Crippen molar-refractivity contribution in [2.24, 2.45) is 0 Å². The van der Waals surface area contributed by atoms with Gasteiger partial charge in [0.25, 0.3) is 10.0 Å². The summed E-state index contributed by atoms with van der Waals surface area (Å²) in [6.07, 6.45) is 1.33. The van der Waals surface area contributed by atoms with Gasteiger partial charge in [0.2, 0.25) is 0 Å². The number of fused-ring (bicyclic) bond motifs is 1. The molecule has 0 atom stereocenters.